The Morgan fingerprint density at radius 2 is 2.09 bits per heavy atom. The minimum Gasteiger partial charge on any atom is -0.435 e. The van der Waals surface area contributed by atoms with Crippen LogP contribution in [0.15, 0.2) is 35.7 Å². The summed E-state index contributed by atoms with van der Waals surface area (Å²) in [6.45, 7) is 0.189. The first-order valence-corrected chi connectivity index (χ1v) is 8.52. The molecule has 1 aliphatic heterocycles. The number of fused-ring (bicyclic) bond motifs is 1. The van der Waals surface area contributed by atoms with Crippen LogP contribution in [-0.4, -0.2) is 23.2 Å². The molecule has 0 aliphatic carbocycles. The molecule has 0 bridgehead atoms. The van der Waals surface area contributed by atoms with E-state index in [1.54, 1.807) is 23.5 Å². The molecule has 3 rings (SSSR count). The van der Waals surface area contributed by atoms with Gasteiger partial charge in [0.15, 0.2) is 5.11 Å². The fraction of sp³-hybridized carbons (Fsp3) is 0.312. The molecule has 7 heteroatoms. The van der Waals surface area contributed by atoms with E-state index in [1.807, 2.05) is 0 Å². The standard InChI is InChI=1S/C16H16F2N2OS2/c1-10-13-7-9-23-14(13)6-8-20(10)16(22)19-11-2-4-12(5-3-11)21-15(17)18/h2-5,7,9-10,15H,6,8H2,1H3,(H,19,22)/t10-/m0/s1. The third-order valence-corrected chi connectivity index (χ3v) is 5.20. The normalized spacial score (nSPS) is 17.0. The van der Waals surface area contributed by atoms with Gasteiger partial charge in [0.05, 0.1) is 6.04 Å². The highest BCUT2D eigenvalue weighted by molar-refractivity contribution is 7.80. The molecule has 1 aliphatic rings. The van der Waals surface area contributed by atoms with Crippen molar-refractivity contribution in [3.05, 3.63) is 46.2 Å². The number of anilines is 1. The molecule has 0 spiro atoms. The van der Waals surface area contributed by atoms with Crippen molar-refractivity contribution in [3.63, 3.8) is 0 Å². The monoisotopic (exact) mass is 354 g/mol. The van der Waals surface area contributed by atoms with Gasteiger partial charge >= 0.3 is 6.61 Å². The summed E-state index contributed by atoms with van der Waals surface area (Å²) in [4.78, 5) is 3.57. The number of nitrogens with one attached hydrogen (secondary N) is 1. The molecule has 2 heterocycles. The summed E-state index contributed by atoms with van der Waals surface area (Å²) in [5.41, 5.74) is 2.08. The van der Waals surface area contributed by atoms with Gasteiger partial charge in [0.25, 0.3) is 0 Å². The van der Waals surface area contributed by atoms with E-state index < -0.39 is 6.61 Å². The molecular formula is C16H16F2N2OS2. The van der Waals surface area contributed by atoms with Gasteiger partial charge in [0.1, 0.15) is 5.75 Å². The van der Waals surface area contributed by atoms with Crippen molar-refractivity contribution < 1.29 is 13.5 Å². The molecule has 0 saturated heterocycles. The minimum atomic E-state index is -2.82. The van der Waals surface area contributed by atoms with Crippen LogP contribution in [0.25, 0.3) is 0 Å². The molecule has 0 fully saturated rings. The Bertz CT molecular complexity index is 688. The van der Waals surface area contributed by atoms with Crippen LogP contribution in [-0.2, 0) is 6.42 Å². The number of benzene rings is 1. The summed E-state index contributed by atoms with van der Waals surface area (Å²) in [5.74, 6) is 0.130. The first-order valence-electron chi connectivity index (χ1n) is 7.23. The molecular weight excluding hydrogens is 338 g/mol. The van der Waals surface area contributed by atoms with Gasteiger partial charge in [-0.05, 0) is 66.8 Å². The summed E-state index contributed by atoms with van der Waals surface area (Å²) in [6.07, 6.45) is 0.986. The topological polar surface area (TPSA) is 24.5 Å². The van der Waals surface area contributed by atoms with E-state index in [-0.39, 0.29) is 11.8 Å². The van der Waals surface area contributed by atoms with Crippen LogP contribution in [0.4, 0.5) is 14.5 Å². The van der Waals surface area contributed by atoms with Crippen molar-refractivity contribution in [1.29, 1.82) is 0 Å². The molecule has 1 N–H and O–H groups in total. The molecule has 0 amide bonds. The van der Waals surface area contributed by atoms with Gasteiger partial charge < -0.3 is 15.0 Å². The zero-order valence-electron chi connectivity index (χ0n) is 12.5. The van der Waals surface area contributed by atoms with Gasteiger partial charge in [-0.25, -0.2) is 0 Å². The van der Waals surface area contributed by atoms with Crippen LogP contribution in [0.3, 0.4) is 0 Å². The van der Waals surface area contributed by atoms with Gasteiger partial charge in [0, 0.05) is 17.1 Å². The van der Waals surface area contributed by atoms with Gasteiger partial charge in [0.2, 0.25) is 0 Å². The van der Waals surface area contributed by atoms with Crippen molar-refractivity contribution >= 4 is 34.4 Å². The zero-order chi connectivity index (χ0) is 16.4. The Morgan fingerprint density at radius 3 is 2.78 bits per heavy atom. The fourth-order valence-electron chi connectivity index (χ4n) is 2.70. The molecule has 1 aromatic carbocycles. The summed E-state index contributed by atoms with van der Waals surface area (Å²) in [6, 6.07) is 8.71. The number of halogens is 2. The van der Waals surface area contributed by atoms with Crippen LogP contribution < -0.4 is 10.1 Å². The molecule has 23 heavy (non-hydrogen) atoms. The van der Waals surface area contributed by atoms with Crippen molar-refractivity contribution in [1.82, 2.24) is 4.90 Å². The number of rotatable bonds is 3. The Labute approximate surface area is 142 Å². The second-order valence-corrected chi connectivity index (χ2v) is 6.64. The van der Waals surface area contributed by atoms with E-state index in [2.05, 4.69) is 33.3 Å². The van der Waals surface area contributed by atoms with Gasteiger partial charge in [-0.15, -0.1) is 11.3 Å². The third-order valence-electron chi connectivity index (χ3n) is 3.87. The smallest absolute Gasteiger partial charge is 0.387 e. The number of thiophene rings is 1. The lowest BCUT2D eigenvalue weighted by Gasteiger charge is -2.35. The number of alkyl halides is 2. The molecule has 1 aromatic heterocycles. The fourth-order valence-corrected chi connectivity index (χ4v) is 4.03. The second kappa shape index (κ2) is 6.80. The highest BCUT2D eigenvalue weighted by Gasteiger charge is 2.26. The van der Waals surface area contributed by atoms with Crippen molar-refractivity contribution in [2.24, 2.45) is 0 Å². The second-order valence-electron chi connectivity index (χ2n) is 5.25. The average molecular weight is 354 g/mol. The molecule has 1 atom stereocenters. The largest absolute Gasteiger partial charge is 0.435 e. The van der Waals surface area contributed by atoms with Crippen molar-refractivity contribution in [3.8, 4) is 5.75 Å². The van der Waals surface area contributed by atoms with E-state index >= 15 is 0 Å². The summed E-state index contributed by atoms with van der Waals surface area (Å²) < 4.78 is 28.6. The number of nitrogens with zero attached hydrogens (tertiary/aromatic N) is 1. The van der Waals surface area contributed by atoms with E-state index in [0.29, 0.717) is 5.11 Å². The number of hydrogen-bond donors (Lipinski definition) is 1. The maximum atomic E-state index is 12.1. The molecule has 0 saturated carbocycles. The maximum absolute atomic E-state index is 12.1. The summed E-state index contributed by atoms with van der Waals surface area (Å²) in [5, 5.41) is 5.91. The van der Waals surface area contributed by atoms with Crippen LogP contribution in [0.5, 0.6) is 5.75 Å². The Balaban J connectivity index is 1.65. The number of hydrogen-bond acceptors (Lipinski definition) is 3. The molecule has 3 nitrogen and oxygen atoms in total. The molecule has 2 aromatic rings. The summed E-state index contributed by atoms with van der Waals surface area (Å²) >= 11 is 7.29. The third kappa shape index (κ3) is 3.61. The highest BCUT2D eigenvalue weighted by Crippen LogP contribution is 2.33. The lowest BCUT2D eigenvalue weighted by Crippen LogP contribution is -2.40. The zero-order valence-corrected chi connectivity index (χ0v) is 14.1. The van der Waals surface area contributed by atoms with Gasteiger partial charge in [-0.3, -0.25) is 0 Å². The average Bonchev–Trinajstić information content (AvgIpc) is 2.98. The predicted molar refractivity (Wildman–Crippen MR) is 92.4 cm³/mol. The lowest BCUT2D eigenvalue weighted by atomic mass is 10.0. The van der Waals surface area contributed by atoms with Gasteiger partial charge in [-0.1, -0.05) is 0 Å². The Kier molecular flexibility index (Phi) is 4.77. The maximum Gasteiger partial charge on any atom is 0.387 e. The van der Waals surface area contributed by atoms with Crippen LogP contribution >= 0.6 is 23.6 Å². The Morgan fingerprint density at radius 1 is 1.35 bits per heavy atom. The Hall–Kier alpha value is -1.73. The van der Waals surface area contributed by atoms with Crippen molar-refractivity contribution in [2.75, 3.05) is 11.9 Å². The quantitative estimate of drug-likeness (QED) is 0.810. The van der Waals surface area contributed by atoms with E-state index in [1.165, 1.54) is 22.6 Å². The highest BCUT2D eigenvalue weighted by atomic mass is 32.1. The number of thiocarbonyl (C=S) groups is 1. The number of ether oxygens (including phenoxy) is 1. The lowest BCUT2D eigenvalue weighted by molar-refractivity contribution is -0.0498. The first kappa shape index (κ1) is 16.1. The summed E-state index contributed by atoms with van der Waals surface area (Å²) in [7, 11) is 0. The van der Waals surface area contributed by atoms with Crippen LogP contribution in [0, 0.1) is 0 Å². The van der Waals surface area contributed by atoms with E-state index in [0.717, 1.165) is 18.7 Å². The van der Waals surface area contributed by atoms with Crippen LogP contribution in [0.2, 0.25) is 0 Å². The van der Waals surface area contributed by atoms with Gasteiger partial charge in [-0.2, -0.15) is 8.78 Å². The van der Waals surface area contributed by atoms with Crippen LogP contribution in [0.1, 0.15) is 23.4 Å². The van der Waals surface area contributed by atoms with E-state index in [9.17, 15) is 8.78 Å². The first-order chi connectivity index (χ1) is 11.0. The minimum absolute atomic E-state index is 0.130. The van der Waals surface area contributed by atoms with E-state index in [4.69, 9.17) is 12.2 Å². The van der Waals surface area contributed by atoms with Crippen molar-refractivity contribution in [2.45, 2.75) is 26.0 Å². The SMILES string of the molecule is C[C@H]1c2ccsc2CCN1C(=S)Nc1ccc(OC(F)F)cc1. The molecule has 122 valence electrons. The predicted octanol–water partition coefficient (Wildman–Crippen LogP) is 4.67. The molecule has 0 unspecified atom stereocenters. The molecule has 0 radical (unpaired) electrons.